The molecular weight excluding hydrogens is 432 g/mol. The number of ether oxygens (including phenoxy) is 1. The Balaban J connectivity index is 1.02. The van der Waals surface area contributed by atoms with Gasteiger partial charge in [0.1, 0.15) is 5.75 Å². The van der Waals surface area contributed by atoms with Crippen LogP contribution in [0.15, 0.2) is 42.5 Å². The summed E-state index contributed by atoms with van der Waals surface area (Å²) in [6.45, 7) is 4.45. The van der Waals surface area contributed by atoms with Crippen LogP contribution in [-0.4, -0.2) is 43.1 Å². The zero-order valence-corrected chi connectivity index (χ0v) is 20.2. The van der Waals surface area contributed by atoms with Crippen LogP contribution in [0.3, 0.4) is 0 Å². The third kappa shape index (κ3) is 5.55. The van der Waals surface area contributed by atoms with E-state index in [1.165, 1.54) is 68.6 Å². The van der Waals surface area contributed by atoms with Crippen LogP contribution in [0.2, 0.25) is 5.02 Å². The molecular formula is C28H35ClN2O2. The molecule has 5 heteroatoms. The number of fused-ring (bicyclic) bond motifs is 1. The number of nitrogens with one attached hydrogen (secondary N) is 1. The molecule has 2 aromatic carbocycles. The van der Waals surface area contributed by atoms with Gasteiger partial charge in [-0.05, 0) is 112 Å². The first-order valence-electron chi connectivity index (χ1n) is 12.7. The average molecular weight is 467 g/mol. The zero-order valence-electron chi connectivity index (χ0n) is 19.4. The summed E-state index contributed by atoms with van der Waals surface area (Å²) in [4.78, 5) is 15.1. The van der Waals surface area contributed by atoms with Crippen molar-refractivity contribution >= 4 is 17.5 Å². The van der Waals surface area contributed by atoms with Crippen molar-refractivity contribution in [1.82, 2.24) is 10.2 Å². The maximum atomic E-state index is 12.5. The molecule has 0 bridgehead atoms. The van der Waals surface area contributed by atoms with Gasteiger partial charge in [-0.2, -0.15) is 0 Å². The molecule has 1 saturated heterocycles. The number of nitrogens with zero attached hydrogens (tertiary/aromatic N) is 1. The van der Waals surface area contributed by atoms with Crippen LogP contribution < -0.4 is 10.1 Å². The second kappa shape index (κ2) is 10.5. The molecule has 1 amide bonds. The minimum absolute atomic E-state index is 0.0208. The first-order valence-corrected chi connectivity index (χ1v) is 13.1. The second-order valence-electron chi connectivity index (χ2n) is 10.0. The van der Waals surface area contributed by atoms with Crippen LogP contribution in [-0.2, 0) is 6.42 Å². The van der Waals surface area contributed by atoms with Crippen molar-refractivity contribution in [3.63, 3.8) is 0 Å². The maximum absolute atomic E-state index is 12.5. The van der Waals surface area contributed by atoms with E-state index in [1.54, 1.807) is 24.3 Å². The van der Waals surface area contributed by atoms with Gasteiger partial charge < -0.3 is 15.0 Å². The predicted octanol–water partition coefficient (Wildman–Crippen LogP) is 5.83. The third-order valence-electron chi connectivity index (χ3n) is 7.91. The fourth-order valence-electron chi connectivity index (χ4n) is 5.86. The Bertz CT molecular complexity index is 945. The van der Waals surface area contributed by atoms with Gasteiger partial charge in [0.25, 0.3) is 5.91 Å². The molecule has 0 radical (unpaired) electrons. The van der Waals surface area contributed by atoms with E-state index in [0.717, 1.165) is 31.8 Å². The topological polar surface area (TPSA) is 41.6 Å². The van der Waals surface area contributed by atoms with E-state index in [0.29, 0.717) is 22.5 Å². The summed E-state index contributed by atoms with van der Waals surface area (Å²) in [6, 6.07) is 14.2. The monoisotopic (exact) mass is 466 g/mol. The number of hydrogen-bond acceptors (Lipinski definition) is 3. The molecule has 176 valence electrons. The number of para-hydroxylation sites is 1. The normalized spacial score (nSPS) is 23.7. The van der Waals surface area contributed by atoms with Crippen molar-refractivity contribution in [3.8, 4) is 5.75 Å². The second-order valence-corrected chi connectivity index (χ2v) is 10.5. The van der Waals surface area contributed by atoms with Crippen molar-refractivity contribution in [3.05, 3.63) is 64.2 Å². The van der Waals surface area contributed by atoms with Crippen LogP contribution in [0, 0.1) is 5.92 Å². The number of piperidine rings is 1. The number of carbonyl (C=O) groups is 1. The number of amides is 1. The van der Waals surface area contributed by atoms with Crippen LogP contribution in [0.5, 0.6) is 5.75 Å². The molecule has 2 aliphatic heterocycles. The van der Waals surface area contributed by atoms with Gasteiger partial charge in [0, 0.05) is 23.0 Å². The lowest BCUT2D eigenvalue weighted by atomic mass is 9.83. The molecule has 0 unspecified atom stereocenters. The van der Waals surface area contributed by atoms with Gasteiger partial charge in [0.15, 0.2) is 0 Å². The minimum Gasteiger partial charge on any atom is -0.493 e. The van der Waals surface area contributed by atoms with Crippen LogP contribution in [0.25, 0.3) is 0 Å². The Hall–Kier alpha value is -2.04. The number of hydrogen-bond donors (Lipinski definition) is 1. The summed E-state index contributed by atoms with van der Waals surface area (Å²) >= 11 is 5.93. The summed E-state index contributed by atoms with van der Waals surface area (Å²) in [5.41, 5.74) is 3.54. The molecule has 0 aromatic heterocycles. The van der Waals surface area contributed by atoms with Crippen molar-refractivity contribution in [1.29, 1.82) is 0 Å². The van der Waals surface area contributed by atoms with E-state index in [9.17, 15) is 4.79 Å². The van der Waals surface area contributed by atoms with Crippen molar-refractivity contribution < 1.29 is 9.53 Å². The van der Waals surface area contributed by atoms with Gasteiger partial charge in [0.05, 0.1) is 6.61 Å². The van der Waals surface area contributed by atoms with Gasteiger partial charge >= 0.3 is 0 Å². The first kappa shape index (κ1) is 22.7. The van der Waals surface area contributed by atoms with Gasteiger partial charge in [-0.3, -0.25) is 4.79 Å². The summed E-state index contributed by atoms with van der Waals surface area (Å²) < 4.78 is 5.95. The summed E-state index contributed by atoms with van der Waals surface area (Å²) in [5, 5.41) is 3.88. The molecule has 5 rings (SSSR count). The Morgan fingerprint density at radius 1 is 1.00 bits per heavy atom. The van der Waals surface area contributed by atoms with E-state index < -0.39 is 0 Å². The summed E-state index contributed by atoms with van der Waals surface area (Å²) in [7, 11) is 0. The summed E-state index contributed by atoms with van der Waals surface area (Å²) in [6.07, 6.45) is 9.44. The SMILES string of the molecule is O=C(NC1CCC(CCN2CCC(c3cccc4c3OCC4)CC2)CC1)c1ccc(Cl)cc1. The number of halogens is 1. The maximum Gasteiger partial charge on any atom is 0.251 e. The Morgan fingerprint density at radius 2 is 1.76 bits per heavy atom. The summed E-state index contributed by atoms with van der Waals surface area (Å²) in [5.74, 6) is 2.65. The van der Waals surface area contributed by atoms with E-state index >= 15 is 0 Å². The Morgan fingerprint density at radius 3 is 2.52 bits per heavy atom. The highest BCUT2D eigenvalue weighted by Crippen LogP contribution is 2.39. The number of rotatable bonds is 6. The third-order valence-corrected chi connectivity index (χ3v) is 8.17. The van der Waals surface area contributed by atoms with Gasteiger partial charge in [-0.15, -0.1) is 0 Å². The molecule has 4 nitrogen and oxygen atoms in total. The van der Waals surface area contributed by atoms with Crippen LogP contribution >= 0.6 is 11.6 Å². The lowest BCUT2D eigenvalue weighted by Gasteiger charge is -2.35. The van der Waals surface area contributed by atoms with Gasteiger partial charge in [-0.25, -0.2) is 0 Å². The Labute approximate surface area is 202 Å². The quantitative estimate of drug-likeness (QED) is 0.582. The predicted molar refractivity (Wildman–Crippen MR) is 133 cm³/mol. The number of likely N-dealkylation sites (tertiary alicyclic amines) is 1. The fraction of sp³-hybridized carbons (Fsp3) is 0.536. The fourth-order valence-corrected chi connectivity index (χ4v) is 5.99. The molecule has 1 N–H and O–H groups in total. The van der Waals surface area contributed by atoms with E-state index in [2.05, 4.69) is 28.4 Å². The van der Waals surface area contributed by atoms with Crippen molar-refractivity contribution in [2.24, 2.45) is 5.92 Å². The lowest BCUT2D eigenvalue weighted by molar-refractivity contribution is 0.0919. The molecule has 1 aliphatic carbocycles. The first-order chi connectivity index (χ1) is 16.2. The highest BCUT2D eigenvalue weighted by atomic mass is 35.5. The molecule has 0 spiro atoms. The highest BCUT2D eigenvalue weighted by molar-refractivity contribution is 6.30. The lowest BCUT2D eigenvalue weighted by Crippen LogP contribution is -2.38. The Kier molecular flexibility index (Phi) is 7.22. The molecule has 2 fully saturated rings. The smallest absolute Gasteiger partial charge is 0.251 e. The average Bonchev–Trinajstić information content (AvgIpc) is 3.34. The van der Waals surface area contributed by atoms with E-state index in [-0.39, 0.29) is 5.91 Å². The van der Waals surface area contributed by atoms with Gasteiger partial charge in [0.2, 0.25) is 0 Å². The highest BCUT2D eigenvalue weighted by Gasteiger charge is 2.27. The molecule has 0 atom stereocenters. The molecule has 33 heavy (non-hydrogen) atoms. The largest absolute Gasteiger partial charge is 0.493 e. The minimum atomic E-state index is 0.0208. The molecule has 2 aromatic rings. The van der Waals surface area contributed by atoms with E-state index in [1.807, 2.05) is 0 Å². The van der Waals surface area contributed by atoms with Gasteiger partial charge in [-0.1, -0.05) is 29.8 Å². The number of benzene rings is 2. The van der Waals surface area contributed by atoms with Crippen LogP contribution in [0.1, 0.15) is 72.3 Å². The van der Waals surface area contributed by atoms with Crippen molar-refractivity contribution in [2.45, 2.75) is 63.3 Å². The van der Waals surface area contributed by atoms with E-state index in [4.69, 9.17) is 16.3 Å². The van der Waals surface area contributed by atoms with Crippen LogP contribution in [0.4, 0.5) is 0 Å². The molecule has 3 aliphatic rings. The zero-order chi connectivity index (χ0) is 22.6. The molecule has 1 saturated carbocycles. The standard InChI is InChI=1S/C28H35ClN2O2/c29-24-8-6-23(7-9-24)28(32)30-25-10-4-20(5-11-25)12-16-31-17-13-21(14-18-31)26-3-1-2-22-15-19-33-27(22)26/h1-3,6-9,20-21,25H,4-5,10-19H2,(H,30,32). The number of carbonyl (C=O) groups excluding carboxylic acids is 1. The van der Waals surface area contributed by atoms with Crippen molar-refractivity contribution in [2.75, 3.05) is 26.2 Å². The molecule has 2 heterocycles.